The van der Waals surface area contributed by atoms with Crippen molar-refractivity contribution in [3.8, 4) is 0 Å². The molecule has 0 aromatic heterocycles. The van der Waals surface area contributed by atoms with Crippen molar-refractivity contribution in [1.82, 2.24) is 0 Å². The molecule has 2 fully saturated rings. The Balaban J connectivity index is 2.14. The van der Waals surface area contributed by atoms with Gasteiger partial charge < -0.3 is 0 Å². The number of hydrogen-bond acceptors (Lipinski definition) is 1. The molecule has 0 amide bonds. The van der Waals surface area contributed by atoms with Crippen LogP contribution in [0.2, 0.25) is 0 Å². The lowest BCUT2D eigenvalue weighted by atomic mass is 9.66. The fourth-order valence-electron chi connectivity index (χ4n) is 2.37. The van der Waals surface area contributed by atoms with Crippen molar-refractivity contribution in [2.75, 3.05) is 0 Å². The molecule has 0 N–H and O–H groups in total. The molecule has 50 valence electrons. The minimum atomic E-state index is 0.414. The van der Waals surface area contributed by atoms with Crippen LogP contribution in [0, 0.1) is 17.8 Å². The van der Waals surface area contributed by atoms with E-state index in [1.54, 1.807) is 0 Å². The third-order valence-corrected chi connectivity index (χ3v) is 3.03. The van der Waals surface area contributed by atoms with Crippen molar-refractivity contribution in [3.05, 3.63) is 0 Å². The Hall–Kier alpha value is -0.330. The van der Waals surface area contributed by atoms with Gasteiger partial charge in [0.15, 0.2) is 0 Å². The molecule has 1 heteroatoms. The first kappa shape index (κ1) is 5.45. The summed E-state index contributed by atoms with van der Waals surface area (Å²) in [6, 6.07) is 0. The van der Waals surface area contributed by atoms with Crippen LogP contribution in [0.5, 0.6) is 0 Å². The summed E-state index contributed by atoms with van der Waals surface area (Å²) in [4.78, 5) is 11.0. The van der Waals surface area contributed by atoms with Crippen molar-refractivity contribution in [1.29, 1.82) is 0 Å². The van der Waals surface area contributed by atoms with Crippen molar-refractivity contribution >= 4 is 5.78 Å². The normalized spacial score (nSPS) is 48.6. The topological polar surface area (TPSA) is 17.1 Å². The zero-order valence-electron chi connectivity index (χ0n) is 5.76. The maximum atomic E-state index is 11.0. The monoisotopic (exact) mass is 124 g/mol. The number of ketones is 1. The molecule has 2 rings (SSSR count). The first-order valence-electron chi connectivity index (χ1n) is 3.84. The average Bonchev–Trinajstić information content (AvgIpc) is 2.30. The lowest BCUT2D eigenvalue weighted by Crippen LogP contribution is -2.42. The van der Waals surface area contributed by atoms with Crippen LogP contribution >= 0.6 is 0 Å². The third kappa shape index (κ3) is 0.525. The van der Waals surface area contributed by atoms with Gasteiger partial charge in [-0.05, 0) is 18.8 Å². The van der Waals surface area contributed by atoms with E-state index in [9.17, 15) is 4.79 Å². The fraction of sp³-hybridized carbons (Fsp3) is 0.875. The molecule has 0 heterocycles. The quantitative estimate of drug-likeness (QED) is 0.479. The summed E-state index contributed by atoms with van der Waals surface area (Å²) in [5.41, 5.74) is 0. The smallest absolute Gasteiger partial charge is 0.139 e. The summed E-state index contributed by atoms with van der Waals surface area (Å²) in [7, 11) is 0. The number of fused-ring (bicyclic) bond motifs is 1. The molecule has 0 aromatic carbocycles. The van der Waals surface area contributed by atoms with Gasteiger partial charge in [-0.1, -0.05) is 13.3 Å². The highest BCUT2D eigenvalue weighted by Crippen LogP contribution is 2.47. The van der Waals surface area contributed by atoms with Gasteiger partial charge in [0.25, 0.3) is 0 Å². The van der Waals surface area contributed by atoms with Crippen LogP contribution in [0.1, 0.15) is 26.2 Å². The molecule has 3 atom stereocenters. The van der Waals surface area contributed by atoms with E-state index in [2.05, 4.69) is 6.92 Å². The molecule has 1 nitrogen and oxygen atoms in total. The van der Waals surface area contributed by atoms with Gasteiger partial charge in [0, 0.05) is 11.8 Å². The molecule has 0 bridgehead atoms. The van der Waals surface area contributed by atoms with Crippen LogP contribution in [-0.4, -0.2) is 5.78 Å². The van der Waals surface area contributed by atoms with E-state index in [4.69, 9.17) is 0 Å². The lowest BCUT2D eigenvalue weighted by Gasteiger charge is -2.35. The van der Waals surface area contributed by atoms with Gasteiger partial charge in [0.2, 0.25) is 0 Å². The molecule has 0 aromatic rings. The van der Waals surface area contributed by atoms with Crippen molar-refractivity contribution in [3.63, 3.8) is 0 Å². The second-order valence-corrected chi connectivity index (χ2v) is 3.39. The van der Waals surface area contributed by atoms with Gasteiger partial charge in [0.1, 0.15) is 5.78 Å². The van der Waals surface area contributed by atoms with Crippen molar-refractivity contribution in [2.45, 2.75) is 26.2 Å². The fourth-order valence-corrected chi connectivity index (χ4v) is 2.37. The van der Waals surface area contributed by atoms with E-state index in [1.165, 1.54) is 19.3 Å². The molecular weight excluding hydrogens is 112 g/mol. The second kappa shape index (κ2) is 1.59. The number of hydrogen-bond donors (Lipinski definition) is 0. The van der Waals surface area contributed by atoms with E-state index >= 15 is 0 Å². The van der Waals surface area contributed by atoms with Crippen LogP contribution in [0.25, 0.3) is 0 Å². The van der Waals surface area contributed by atoms with Crippen LogP contribution in [0.4, 0.5) is 0 Å². The summed E-state index contributed by atoms with van der Waals surface area (Å²) in [6.07, 6.45) is 3.80. The predicted octanol–water partition coefficient (Wildman–Crippen LogP) is 1.62. The molecule has 2 aliphatic carbocycles. The van der Waals surface area contributed by atoms with Gasteiger partial charge in [-0.2, -0.15) is 0 Å². The number of Topliss-reactive ketones (excluding diaryl/α,β-unsaturated/α-hetero) is 1. The predicted molar refractivity (Wildman–Crippen MR) is 35.0 cm³/mol. The highest BCUT2D eigenvalue weighted by molar-refractivity contribution is 5.90. The van der Waals surface area contributed by atoms with E-state index < -0.39 is 0 Å². The Bertz CT molecular complexity index is 151. The highest BCUT2D eigenvalue weighted by atomic mass is 16.1. The Labute approximate surface area is 55.4 Å². The van der Waals surface area contributed by atoms with E-state index in [1.807, 2.05) is 0 Å². The average molecular weight is 124 g/mol. The summed E-state index contributed by atoms with van der Waals surface area (Å²) in [6.45, 7) is 2.08. The zero-order valence-corrected chi connectivity index (χ0v) is 5.76. The lowest BCUT2D eigenvalue weighted by molar-refractivity contribution is -0.139. The SMILES string of the molecule is C[C@@H]1C(=O)[C@@H]2CCC[C@@H]12. The molecule has 2 aliphatic rings. The van der Waals surface area contributed by atoms with Crippen LogP contribution in [-0.2, 0) is 4.79 Å². The molecule has 0 radical (unpaired) electrons. The van der Waals surface area contributed by atoms with Gasteiger partial charge in [-0.25, -0.2) is 0 Å². The summed E-state index contributed by atoms with van der Waals surface area (Å²) in [5, 5.41) is 0. The van der Waals surface area contributed by atoms with Gasteiger partial charge in [-0.3, -0.25) is 4.79 Å². The highest BCUT2D eigenvalue weighted by Gasteiger charge is 2.48. The van der Waals surface area contributed by atoms with Gasteiger partial charge in [0.05, 0.1) is 0 Å². The number of carbonyl (C=O) groups excluding carboxylic acids is 1. The summed E-state index contributed by atoms with van der Waals surface area (Å²) in [5.74, 6) is 2.24. The van der Waals surface area contributed by atoms with E-state index in [-0.39, 0.29) is 0 Å². The molecule has 0 unspecified atom stereocenters. The minimum Gasteiger partial charge on any atom is -0.299 e. The van der Waals surface area contributed by atoms with Crippen molar-refractivity contribution < 1.29 is 4.79 Å². The minimum absolute atomic E-state index is 0.414. The van der Waals surface area contributed by atoms with Crippen LogP contribution in [0.3, 0.4) is 0 Å². The second-order valence-electron chi connectivity index (χ2n) is 3.39. The molecule has 9 heavy (non-hydrogen) atoms. The van der Waals surface area contributed by atoms with Crippen molar-refractivity contribution in [2.24, 2.45) is 17.8 Å². The zero-order chi connectivity index (χ0) is 6.43. The van der Waals surface area contributed by atoms with Gasteiger partial charge >= 0.3 is 0 Å². The molecule has 2 saturated carbocycles. The first-order valence-corrected chi connectivity index (χ1v) is 3.84. The maximum absolute atomic E-state index is 11.0. The Morgan fingerprint density at radius 3 is 2.89 bits per heavy atom. The molecule has 0 saturated heterocycles. The Morgan fingerprint density at radius 2 is 2.22 bits per heavy atom. The maximum Gasteiger partial charge on any atom is 0.139 e. The number of carbonyl (C=O) groups is 1. The largest absolute Gasteiger partial charge is 0.299 e. The first-order chi connectivity index (χ1) is 4.30. The van der Waals surface area contributed by atoms with Crippen LogP contribution in [0.15, 0.2) is 0 Å². The standard InChI is InChI=1S/C8H12O/c1-5-6-3-2-4-7(6)8(5)9/h5-7H,2-4H2,1H3/t5-,6-,7+/m0/s1. The number of rotatable bonds is 0. The summed E-state index contributed by atoms with van der Waals surface area (Å²) < 4.78 is 0. The Kier molecular flexibility index (Phi) is 0.961. The molecule has 0 aliphatic heterocycles. The molecule has 0 spiro atoms. The molecular formula is C8H12O. The third-order valence-electron chi connectivity index (χ3n) is 3.03. The van der Waals surface area contributed by atoms with Crippen LogP contribution < -0.4 is 0 Å². The van der Waals surface area contributed by atoms with E-state index in [0.29, 0.717) is 17.6 Å². The van der Waals surface area contributed by atoms with Gasteiger partial charge in [-0.15, -0.1) is 0 Å². The summed E-state index contributed by atoms with van der Waals surface area (Å²) >= 11 is 0. The Morgan fingerprint density at radius 1 is 1.44 bits per heavy atom. The van der Waals surface area contributed by atoms with E-state index in [0.717, 1.165) is 5.92 Å².